The first-order chi connectivity index (χ1) is 11.6. The summed E-state index contributed by atoms with van der Waals surface area (Å²) in [6, 6.07) is 15.2. The minimum absolute atomic E-state index is 0.952. The molecule has 0 atom stereocenters. The minimum Gasteiger partial charge on any atom is -0.466 e. The van der Waals surface area contributed by atoms with Crippen molar-refractivity contribution < 1.29 is 37.9 Å². The van der Waals surface area contributed by atoms with Crippen molar-refractivity contribution >= 4 is 32.6 Å². The Hall–Kier alpha value is -2.22. The van der Waals surface area contributed by atoms with Gasteiger partial charge in [-0.05, 0) is 37.4 Å². The molecule has 2 aromatic heterocycles. The second-order valence-corrected chi connectivity index (χ2v) is 6.58. The fraction of sp³-hybridized carbons (Fsp3) is 0.167. The van der Waals surface area contributed by atoms with Crippen LogP contribution in [0.4, 0.5) is 0 Å². The topological polar surface area (TPSA) is 109 Å². The summed E-state index contributed by atoms with van der Waals surface area (Å²) in [4.78, 5) is 0. The summed E-state index contributed by atoms with van der Waals surface area (Å²) < 4.78 is 42.0. The van der Waals surface area contributed by atoms with E-state index in [4.69, 9.17) is 23.1 Å². The molecule has 0 aliphatic carbocycles. The number of hydrogen-bond donors (Lipinski definition) is 0. The SMILES string of the molecule is Cc1cc2cc3c(cc2c(C)o1)c1ccccc1[n+]3C.[O-][Cl+3]([O-])([O-])[O-]. The van der Waals surface area contributed by atoms with Crippen LogP contribution in [0.2, 0.25) is 0 Å². The molecule has 0 saturated carbocycles. The van der Waals surface area contributed by atoms with Crippen LogP contribution < -0.4 is 23.2 Å². The smallest absolute Gasteiger partial charge is 0.214 e. The van der Waals surface area contributed by atoms with Crippen molar-refractivity contribution in [2.45, 2.75) is 13.8 Å². The second kappa shape index (κ2) is 6.25. The molecule has 0 amide bonds. The van der Waals surface area contributed by atoms with Crippen molar-refractivity contribution in [3.8, 4) is 0 Å². The van der Waals surface area contributed by atoms with Crippen molar-refractivity contribution in [3.05, 3.63) is 54.0 Å². The highest BCUT2D eigenvalue weighted by molar-refractivity contribution is 6.09. The summed E-state index contributed by atoms with van der Waals surface area (Å²) in [5, 5.41) is 5.02. The number of halogens is 1. The van der Waals surface area contributed by atoms with Gasteiger partial charge in [-0.2, -0.15) is 4.57 Å². The molecule has 0 radical (unpaired) electrons. The molecule has 6 nitrogen and oxygen atoms in total. The predicted molar refractivity (Wildman–Crippen MR) is 81.9 cm³/mol. The first kappa shape index (κ1) is 17.6. The molecule has 0 aliphatic heterocycles. The predicted octanol–water partition coefficient (Wildman–Crippen LogP) is -0.575. The lowest BCUT2D eigenvalue weighted by Gasteiger charge is -2.17. The molecule has 4 rings (SSSR count). The molecular formula is C18H16ClNO5. The zero-order chi connectivity index (χ0) is 18.4. The zero-order valence-electron chi connectivity index (χ0n) is 13.9. The lowest BCUT2D eigenvalue weighted by atomic mass is 10.1. The summed E-state index contributed by atoms with van der Waals surface area (Å²) in [7, 11) is -2.82. The molecule has 2 heterocycles. The van der Waals surface area contributed by atoms with Crippen molar-refractivity contribution in [2.24, 2.45) is 7.05 Å². The number of aromatic nitrogens is 1. The van der Waals surface area contributed by atoms with E-state index in [2.05, 4.69) is 54.1 Å². The van der Waals surface area contributed by atoms with Crippen LogP contribution >= 0.6 is 0 Å². The summed E-state index contributed by atoms with van der Waals surface area (Å²) in [5.41, 5.74) is 2.54. The van der Waals surface area contributed by atoms with Gasteiger partial charge in [-0.25, -0.2) is 18.6 Å². The van der Waals surface area contributed by atoms with Crippen LogP contribution in [0.5, 0.6) is 0 Å². The van der Waals surface area contributed by atoms with Crippen LogP contribution in [0.1, 0.15) is 11.5 Å². The molecule has 25 heavy (non-hydrogen) atoms. The average molecular weight is 362 g/mol. The molecule has 0 saturated heterocycles. The van der Waals surface area contributed by atoms with Gasteiger partial charge in [0.2, 0.25) is 11.0 Å². The van der Waals surface area contributed by atoms with Crippen LogP contribution in [0.15, 0.2) is 46.9 Å². The Morgan fingerprint density at radius 2 is 1.48 bits per heavy atom. The largest absolute Gasteiger partial charge is 0.466 e. The fourth-order valence-corrected chi connectivity index (χ4v) is 3.19. The molecule has 0 bridgehead atoms. The molecule has 7 heteroatoms. The van der Waals surface area contributed by atoms with Crippen molar-refractivity contribution in [3.63, 3.8) is 0 Å². The van der Waals surface area contributed by atoms with Crippen LogP contribution in [0.25, 0.3) is 32.6 Å². The van der Waals surface area contributed by atoms with E-state index in [0.717, 1.165) is 11.5 Å². The monoisotopic (exact) mass is 361 g/mol. The van der Waals surface area contributed by atoms with E-state index in [9.17, 15) is 0 Å². The van der Waals surface area contributed by atoms with Gasteiger partial charge in [-0.15, -0.1) is 10.2 Å². The standard InChI is InChI=1S/C18H16NO.ClHO4/c1-11-8-13-9-18-16(10-15(13)12(2)20-11)14-6-4-5-7-17(14)19(18)3;2-1(3,4)5/h4-10H,1-3H3;(H,2,3,4,5)/q+1;/p-1. The third kappa shape index (κ3) is 3.58. The average Bonchev–Trinajstić information content (AvgIpc) is 2.77. The molecule has 0 fully saturated rings. The van der Waals surface area contributed by atoms with E-state index >= 15 is 0 Å². The lowest BCUT2D eigenvalue weighted by Crippen LogP contribution is -2.68. The molecule has 130 valence electrons. The van der Waals surface area contributed by atoms with Crippen molar-refractivity contribution in [1.29, 1.82) is 0 Å². The second-order valence-electron chi connectivity index (χ2n) is 5.82. The third-order valence-corrected chi connectivity index (χ3v) is 4.14. The number of para-hydroxylation sites is 1. The highest BCUT2D eigenvalue weighted by Gasteiger charge is 2.17. The van der Waals surface area contributed by atoms with Gasteiger partial charge in [0.1, 0.15) is 18.6 Å². The van der Waals surface area contributed by atoms with Crippen LogP contribution in [-0.4, -0.2) is 0 Å². The van der Waals surface area contributed by atoms with Gasteiger partial charge in [0.15, 0.2) is 0 Å². The third-order valence-electron chi connectivity index (χ3n) is 4.14. The highest BCUT2D eigenvalue weighted by atomic mass is 35.7. The number of aryl methyl sites for hydroxylation is 3. The van der Waals surface area contributed by atoms with Gasteiger partial charge < -0.3 is 4.42 Å². The Kier molecular flexibility index (Phi) is 4.40. The number of benzene rings is 2. The van der Waals surface area contributed by atoms with E-state index in [1.807, 2.05) is 13.8 Å². The maximum absolute atomic E-state index is 8.49. The lowest BCUT2D eigenvalue weighted by molar-refractivity contribution is -2.00. The Bertz CT molecular complexity index is 1080. The van der Waals surface area contributed by atoms with E-state index < -0.39 is 10.2 Å². The molecular weight excluding hydrogens is 346 g/mol. The number of rotatable bonds is 0. The quantitative estimate of drug-likeness (QED) is 0.389. The molecule has 4 aromatic rings. The number of fused-ring (bicyclic) bond motifs is 4. The minimum atomic E-state index is -4.94. The Labute approximate surface area is 145 Å². The first-order valence-corrected chi connectivity index (χ1v) is 8.71. The molecule has 2 aromatic carbocycles. The van der Waals surface area contributed by atoms with Gasteiger partial charge in [0.05, 0.1) is 10.8 Å². The van der Waals surface area contributed by atoms with Gasteiger partial charge in [0.25, 0.3) is 0 Å². The molecule has 0 unspecified atom stereocenters. The van der Waals surface area contributed by atoms with Crippen molar-refractivity contribution in [1.82, 2.24) is 0 Å². The Morgan fingerprint density at radius 3 is 2.16 bits per heavy atom. The molecule has 0 spiro atoms. The molecule has 0 N–H and O–H groups in total. The van der Waals surface area contributed by atoms with E-state index in [1.54, 1.807) is 0 Å². The molecule has 0 aliphatic rings. The Balaban J connectivity index is 0.000000324. The van der Waals surface area contributed by atoms with Crippen molar-refractivity contribution in [2.75, 3.05) is 0 Å². The summed E-state index contributed by atoms with van der Waals surface area (Å²) in [5.74, 6) is 1.93. The van der Waals surface area contributed by atoms with Gasteiger partial charge in [-0.3, -0.25) is 0 Å². The van der Waals surface area contributed by atoms with Crippen LogP contribution in [0, 0.1) is 24.1 Å². The van der Waals surface area contributed by atoms with E-state index in [-0.39, 0.29) is 0 Å². The van der Waals surface area contributed by atoms with Gasteiger partial charge in [0, 0.05) is 17.5 Å². The van der Waals surface area contributed by atoms with Gasteiger partial charge in [-0.1, -0.05) is 12.1 Å². The first-order valence-electron chi connectivity index (χ1n) is 7.48. The summed E-state index contributed by atoms with van der Waals surface area (Å²) >= 11 is 0. The maximum atomic E-state index is 8.49. The van der Waals surface area contributed by atoms with Crippen LogP contribution in [-0.2, 0) is 7.05 Å². The number of hydrogen-bond acceptors (Lipinski definition) is 5. The highest BCUT2D eigenvalue weighted by Crippen LogP contribution is 2.30. The van der Waals surface area contributed by atoms with E-state index in [0.29, 0.717) is 0 Å². The van der Waals surface area contributed by atoms with Gasteiger partial charge >= 0.3 is 0 Å². The summed E-state index contributed by atoms with van der Waals surface area (Å²) in [6.07, 6.45) is 0. The normalized spacial score (nSPS) is 11.8. The Morgan fingerprint density at radius 1 is 0.840 bits per heavy atom. The number of nitrogens with zero attached hydrogens (tertiary/aromatic N) is 1. The zero-order valence-corrected chi connectivity index (χ0v) is 14.7. The maximum Gasteiger partial charge on any atom is 0.214 e. The summed E-state index contributed by atoms with van der Waals surface area (Å²) in [6.45, 7) is 4.03. The fourth-order valence-electron chi connectivity index (χ4n) is 3.19. The van der Waals surface area contributed by atoms with Crippen LogP contribution in [0.3, 0.4) is 0 Å². The van der Waals surface area contributed by atoms with E-state index in [1.165, 1.54) is 32.6 Å².